The summed E-state index contributed by atoms with van der Waals surface area (Å²) in [6.45, 7) is 0. The number of rotatable bonds is 2. The molecule has 0 saturated carbocycles. The van der Waals surface area contributed by atoms with Crippen molar-refractivity contribution in [2.45, 2.75) is 0 Å². The van der Waals surface area contributed by atoms with Crippen LogP contribution in [0.2, 0.25) is 10.0 Å². The molecule has 5 heteroatoms. The molecule has 0 fully saturated rings. The van der Waals surface area contributed by atoms with Crippen molar-refractivity contribution >= 4 is 35.8 Å². The lowest BCUT2D eigenvalue weighted by Crippen LogP contribution is -2.33. The van der Waals surface area contributed by atoms with E-state index in [4.69, 9.17) is 23.2 Å². The maximum Gasteiger partial charge on any atom is 0.492 e. The summed E-state index contributed by atoms with van der Waals surface area (Å²) in [5.74, 6) is 0. The van der Waals surface area contributed by atoms with Gasteiger partial charge in [-0.15, -0.1) is 0 Å². The lowest BCUT2D eigenvalue weighted by atomic mass is 9.80. The Morgan fingerprint density at radius 2 is 2.08 bits per heavy atom. The molecular weight excluding hydrogens is 198 g/mol. The highest BCUT2D eigenvalue weighted by molar-refractivity contribution is 6.64. The van der Waals surface area contributed by atoms with Crippen LogP contribution in [0.4, 0.5) is 0 Å². The first kappa shape index (κ1) is 9.87. The van der Waals surface area contributed by atoms with Crippen LogP contribution in [-0.2, 0) is 4.65 Å². The lowest BCUT2D eigenvalue weighted by Gasteiger charge is -2.05. The molecule has 0 heterocycles. The summed E-state index contributed by atoms with van der Waals surface area (Å²) in [7, 11) is 0.373. The zero-order chi connectivity index (χ0) is 9.14. The average molecular weight is 205 g/mol. The van der Waals surface area contributed by atoms with Crippen LogP contribution < -0.4 is 5.46 Å². The molecule has 0 bridgehead atoms. The lowest BCUT2D eigenvalue weighted by molar-refractivity contribution is 0.341. The van der Waals surface area contributed by atoms with Crippen molar-refractivity contribution in [1.29, 1.82) is 0 Å². The summed E-state index contributed by atoms with van der Waals surface area (Å²) < 4.78 is 4.68. The van der Waals surface area contributed by atoms with Gasteiger partial charge in [-0.1, -0.05) is 23.2 Å². The van der Waals surface area contributed by atoms with Gasteiger partial charge in [-0.05, 0) is 18.2 Å². The molecule has 1 N–H and O–H groups in total. The first-order chi connectivity index (χ1) is 5.65. The Morgan fingerprint density at radius 3 is 2.67 bits per heavy atom. The number of benzene rings is 1. The molecule has 0 saturated heterocycles. The normalized spacial score (nSPS) is 10.0. The van der Waals surface area contributed by atoms with Gasteiger partial charge in [-0.25, -0.2) is 0 Å². The van der Waals surface area contributed by atoms with Gasteiger partial charge in [0.1, 0.15) is 0 Å². The third-order valence-electron chi connectivity index (χ3n) is 1.45. The highest BCUT2D eigenvalue weighted by Crippen LogP contribution is 2.12. The standard InChI is InChI=1S/C7H7BCl2O2/c1-12-8(11)6-4-5(9)2-3-7(6)10/h2-4,11H,1H3. The van der Waals surface area contributed by atoms with Gasteiger partial charge in [0.05, 0.1) is 0 Å². The van der Waals surface area contributed by atoms with Crippen LogP contribution in [0.3, 0.4) is 0 Å². The highest BCUT2D eigenvalue weighted by Gasteiger charge is 2.17. The summed E-state index contributed by atoms with van der Waals surface area (Å²) in [6, 6.07) is 4.83. The van der Waals surface area contributed by atoms with Crippen molar-refractivity contribution < 1.29 is 9.68 Å². The molecule has 0 aromatic heterocycles. The van der Waals surface area contributed by atoms with E-state index < -0.39 is 7.12 Å². The number of hydrogen-bond acceptors (Lipinski definition) is 2. The predicted octanol–water partition coefficient (Wildman–Crippen LogP) is 1.33. The van der Waals surface area contributed by atoms with E-state index in [1.807, 2.05) is 0 Å². The Labute approximate surface area is 81.2 Å². The predicted molar refractivity (Wildman–Crippen MR) is 51.1 cm³/mol. The second kappa shape index (κ2) is 4.14. The Kier molecular flexibility index (Phi) is 3.41. The van der Waals surface area contributed by atoms with Crippen LogP contribution in [0.5, 0.6) is 0 Å². The maximum atomic E-state index is 9.27. The monoisotopic (exact) mass is 204 g/mol. The molecule has 1 aromatic carbocycles. The van der Waals surface area contributed by atoms with Gasteiger partial charge < -0.3 is 9.68 Å². The van der Waals surface area contributed by atoms with Crippen LogP contribution in [0.1, 0.15) is 0 Å². The number of halogens is 2. The van der Waals surface area contributed by atoms with Crippen molar-refractivity contribution in [2.24, 2.45) is 0 Å². The molecular formula is C7H7BCl2O2. The average Bonchev–Trinajstić information content (AvgIpc) is 2.08. The topological polar surface area (TPSA) is 29.5 Å². The first-order valence-electron chi connectivity index (χ1n) is 3.31. The van der Waals surface area contributed by atoms with E-state index in [0.717, 1.165) is 0 Å². The second-order valence-corrected chi connectivity index (χ2v) is 3.10. The quantitative estimate of drug-likeness (QED) is 0.737. The fourth-order valence-corrected chi connectivity index (χ4v) is 1.22. The SMILES string of the molecule is COB(O)c1cc(Cl)ccc1Cl. The Bertz CT molecular complexity index is 280. The van der Waals surface area contributed by atoms with Crippen molar-refractivity contribution in [3.63, 3.8) is 0 Å². The van der Waals surface area contributed by atoms with Crippen LogP contribution in [0, 0.1) is 0 Å². The largest absolute Gasteiger partial charge is 0.492 e. The minimum atomic E-state index is -1.02. The van der Waals surface area contributed by atoms with Gasteiger partial charge in [0.2, 0.25) is 0 Å². The zero-order valence-corrected chi connectivity index (χ0v) is 7.93. The summed E-state index contributed by atoms with van der Waals surface area (Å²) in [5.41, 5.74) is 0.478. The molecule has 1 rings (SSSR count). The van der Waals surface area contributed by atoms with Gasteiger partial charge in [0.15, 0.2) is 0 Å². The fraction of sp³-hybridized carbons (Fsp3) is 0.143. The highest BCUT2D eigenvalue weighted by atomic mass is 35.5. The summed E-state index contributed by atoms with van der Waals surface area (Å²) in [4.78, 5) is 0. The van der Waals surface area contributed by atoms with Crippen LogP contribution in [0.25, 0.3) is 0 Å². The molecule has 64 valence electrons. The van der Waals surface area contributed by atoms with Gasteiger partial charge in [-0.3, -0.25) is 0 Å². The van der Waals surface area contributed by atoms with Gasteiger partial charge >= 0.3 is 7.12 Å². The molecule has 0 aliphatic carbocycles. The van der Waals surface area contributed by atoms with E-state index in [9.17, 15) is 5.02 Å². The molecule has 0 spiro atoms. The third kappa shape index (κ3) is 2.14. The summed E-state index contributed by atoms with van der Waals surface area (Å²) in [5, 5.41) is 10.2. The van der Waals surface area contributed by atoms with E-state index in [1.54, 1.807) is 18.2 Å². The smallest absolute Gasteiger partial charge is 0.423 e. The van der Waals surface area contributed by atoms with E-state index in [1.165, 1.54) is 7.11 Å². The second-order valence-electron chi connectivity index (χ2n) is 2.25. The fourth-order valence-electron chi connectivity index (χ4n) is 0.831. The van der Waals surface area contributed by atoms with Crippen molar-refractivity contribution in [3.05, 3.63) is 28.2 Å². The molecule has 2 nitrogen and oxygen atoms in total. The number of hydrogen-bond donors (Lipinski definition) is 1. The molecule has 0 atom stereocenters. The molecule has 12 heavy (non-hydrogen) atoms. The zero-order valence-electron chi connectivity index (χ0n) is 6.42. The van der Waals surface area contributed by atoms with Crippen molar-refractivity contribution in [1.82, 2.24) is 0 Å². The maximum absolute atomic E-state index is 9.27. The minimum absolute atomic E-state index is 0.439. The first-order valence-corrected chi connectivity index (χ1v) is 4.06. The van der Waals surface area contributed by atoms with E-state index in [0.29, 0.717) is 15.5 Å². The Hall–Kier alpha value is -0.215. The van der Waals surface area contributed by atoms with Gasteiger partial charge in [0.25, 0.3) is 0 Å². The van der Waals surface area contributed by atoms with E-state index in [-0.39, 0.29) is 0 Å². The van der Waals surface area contributed by atoms with Crippen LogP contribution >= 0.6 is 23.2 Å². The van der Waals surface area contributed by atoms with E-state index >= 15 is 0 Å². The summed E-state index contributed by atoms with van der Waals surface area (Å²) >= 11 is 11.5. The molecule has 0 radical (unpaired) electrons. The van der Waals surface area contributed by atoms with Crippen LogP contribution in [-0.4, -0.2) is 19.3 Å². The van der Waals surface area contributed by atoms with Gasteiger partial charge in [0, 0.05) is 22.6 Å². The van der Waals surface area contributed by atoms with Gasteiger partial charge in [-0.2, -0.15) is 0 Å². The molecule has 0 aliphatic heterocycles. The summed E-state index contributed by atoms with van der Waals surface area (Å²) in [6.07, 6.45) is 0. The molecule has 0 unspecified atom stereocenters. The van der Waals surface area contributed by atoms with Crippen molar-refractivity contribution in [2.75, 3.05) is 7.11 Å². The third-order valence-corrected chi connectivity index (χ3v) is 2.03. The van der Waals surface area contributed by atoms with Crippen molar-refractivity contribution in [3.8, 4) is 0 Å². The Balaban J connectivity index is 3.04. The molecule has 0 aliphatic rings. The Morgan fingerprint density at radius 1 is 1.42 bits per heavy atom. The molecule has 0 amide bonds. The minimum Gasteiger partial charge on any atom is -0.423 e. The van der Waals surface area contributed by atoms with Crippen LogP contribution in [0.15, 0.2) is 18.2 Å². The molecule has 1 aromatic rings. The van der Waals surface area contributed by atoms with E-state index in [2.05, 4.69) is 4.65 Å².